The number of ether oxygens (including phenoxy) is 1. The first-order valence-corrected chi connectivity index (χ1v) is 14.4. The number of benzene rings is 2. The van der Waals surface area contributed by atoms with Crippen LogP contribution in [0, 0.1) is 11.8 Å². The predicted octanol–water partition coefficient (Wildman–Crippen LogP) is 3.63. The number of carbonyl (C=O) groups is 2. The van der Waals surface area contributed by atoms with Gasteiger partial charge in [0.1, 0.15) is 35.3 Å². The Kier molecular flexibility index (Phi) is 6.40. The highest BCUT2D eigenvalue weighted by atomic mass is 16.5. The molecule has 4 N–H and O–H groups in total. The molecule has 43 heavy (non-hydrogen) atoms. The zero-order chi connectivity index (χ0) is 30.0. The van der Waals surface area contributed by atoms with E-state index in [9.17, 15) is 19.8 Å². The summed E-state index contributed by atoms with van der Waals surface area (Å²) in [6.45, 7) is 4.98. The van der Waals surface area contributed by atoms with Gasteiger partial charge in [0.15, 0.2) is 23.5 Å². The highest BCUT2D eigenvalue weighted by molar-refractivity contribution is 5.89. The van der Waals surface area contributed by atoms with Crippen molar-refractivity contribution in [2.24, 2.45) is 11.8 Å². The van der Waals surface area contributed by atoms with E-state index in [0.717, 1.165) is 22.4 Å². The number of oxazole rings is 2. The summed E-state index contributed by atoms with van der Waals surface area (Å²) in [5.74, 6) is -0.287. The Balaban J connectivity index is 1.45. The summed E-state index contributed by atoms with van der Waals surface area (Å²) in [6, 6.07) is 13.0. The molecule has 4 aromatic rings. The fraction of sp³-hybridized carbons (Fsp3) is 0.375. The Morgan fingerprint density at radius 2 is 1.95 bits per heavy atom. The number of amides is 1. The van der Waals surface area contributed by atoms with E-state index in [0.29, 0.717) is 22.9 Å². The molecule has 7 rings (SSSR count). The fourth-order valence-electron chi connectivity index (χ4n) is 6.45. The molecule has 0 radical (unpaired) electrons. The number of hydrogen-bond donors (Lipinski definition) is 4. The molecule has 2 aromatic heterocycles. The Morgan fingerprint density at radius 3 is 2.72 bits per heavy atom. The van der Waals surface area contributed by atoms with Gasteiger partial charge in [0.25, 0.3) is 0 Å². The first kappa shape index (κ1) is 27.4. The molecule has 0 saturated carbocycles. The number of aliphatic hydroxyl groups excluding tert-OH is 2. The molecule has 1 unspecified atom stereocenters. The maximum Gasteiger partial charge on any atom is 0.249 e. The highest BCUT2D eigenvalue weighted by Crippen LogP contribution is 2.59. The number of rotatable bonds is 6. The third kappa shape index (κ3) is 4.17. The van der Waals surface area contributed by atoms with Gasteiger partial charge in [-0.2, -0.15) is 0 Å². The quantitative estimate of drug-likeness (QED) is 0.264. The van der Waals surface area contributed by atoms with E-state index in [2.05, 4.69) is 15.6 Å². The van der Waals surface area contributed by atoms with Crippen molar-refractivity contribution >= 4 is 17.4 Å². The fourth-order valence-corrected chi connectivity index (χ4v) is 6.45. The number of ketones is 1. The number of aliphatic hydroxyl groups is 2. The second kappa shape index (κ2) is 10.1. The largest absolute Gasteiger partial charge is 0.469 e. The maximum atomic E-state index is 13.7. The molecule has 3 aliphatic heterocycles. The summed E-state index contributed by atoms with van der Waals surface area (Å²) in [7, 11) is 0. The van der Waals surface area contributed by atoms with E-state index >= 15 is 0 Å². The molecule has 0 aliphatic carbocycles. The van der Waals surface area contributed by atoms with E-state index in [1.165, 1.54) is 6.26 Å². The zero-order valence-corrected chi connectivity index (χ0v) is 24.0. The lowest BCUT2D eigenvalue weighted by molar-refractivity contribution is -0.135. The minimum absolute atomic E-state index is 0.119. The molecule has 0 fully saturated rings. The van der Waals surface area contributed by atoms with Crippen LogP contribution in [0.25, 0.3) is 11.6 Å². The molecule has 2 aromatic carbocycles. The summed E-state index contributed by atoms with van der Waals surface area (Å²) in [4.78, 5) is 35.9. The average Bonchev–Trinajstić information content (AvgIpc) is 3.76. The SMILES string of the molecule is CC(C)[C@H](O)C(=O)C[C@H]1Cc2ccc3c(c2)[C@@]2(c4ccccc4NC2O3)c2oc(nc2-c2nc(CO)co2)[C@H](C)NC1=O. The smallest absolute Gasteiger partial charge is 0.249 e. The van der Waals surface area contributed by atoms with Crippen LogP contribution in [0.4, 0.5) is 5.69 Å². The topological polar surface area (TPSA) is 160 Å². The van der Waals surface area contributed by atoms with Crippen LogP contribution in [-0.2, 0) is 28.0 Å². The lowest BCUT2D eigenvalue weighted by atomic mass is 9.72. The maximum absolute atomic E-state index is 13.7. The van der Waals surface area contributed by atoms with Crippen molar-refractivity contribution in [1.82, 2.24) is 15.3 Å². The summed E-state index contributed by atoms with van der Waals surface area (Å²) < 4.78 is 18.9. The number of nitrogens with zero attached hydrogens (tertiary/aromatic N) is 2. The van der Waals surface area contributed by atoms with Gasteiger partial charge in [-0.25, -0.2) is 9.97 Å². The van der Waals surface area contributed by atoms with Gasteiger partial charge in [0.05, 0.1) is 6.61 Å². The van der Waals surface area contributed by atoms with Gasteiger partial charge in [0, 0.05) is 23.6 Å². The van der Waals surface area contributed by atoms with Crippen molar-refractivity contribution in [1.29, 1.82) is 0 Å². The monoisotopic (exact) mass is 584 g/mol. The van der Waals surface area contributed by atoms with Gasteiger partial charge in [-0.05, 0) is 42.5 Å². The summed E-state index contributed by atoms with van der Waals surface area (Å²) in [5, 5.41) is 26.6. The van der Waals surface area contributed by atoms with Gasteiger partial charge >= 0.3 is 0 Å². The molecule has 11 heteroatoms. The van der Waals surface area contributed by atoms with E-state index in [1.54, 1.807) is 20.8 Å². The second-order valence-corrected chi connectivity index (χ2v) is 11.8. The number of aromatic nitrogens is 2. The van der Waals surface area contributed by atoms with Crippen molar-refractivity contribution < 1.29 is 33.4 Å². The molecule has 222 valence electrons. The number of nitrogens with one attached hydrogen (secondary N) is 2. The van der Waals surface area contributed by atoms with Gasteiger partial charge < -0.3 is 34.4 Å². The first-order chi connectivity index (χ1) is 20.7. The molecule has 0 saturated heterocycles. The second-order valence-electron chi connectivity index (χ2n) is 11.8. The summed E-state index contributed by atoms with van der Waals surface area (Å²) in [6.07, 6.45) is -0.226. The van der Waals surface area contributed by atoms with Gasteiger partial charge in [0.2, 0.25) is 17.7 Å². The number of anilines is 1. The molecule has 3 aliphatic rings. The van der Waals surface area contributed by atoms with Crippen molar-refractivity contribution in [3.05, 3.63) is 82.8 Å². The molecule has 4 bridgehead atoms. The molecule has 5 atom stereocenters. The van der Waals surface area contributed by atoms with Gasteiger partial charge in [-0.1, -0.05) is 44.2 Å². The van der Waals surface area contributed by atoms with E-state index in [-0.39, 0.29) is 48.8 Å². The van der Waals surface area contributed by atoms with Crippen LogP contribution >= 0.6 is 0 Å². The summed E-state index contributed by atoms with van der Waals surface area (Å²) in [5.41, 5.74) is 3.08. The Labute approximate surface area is 247 Å². The normalized spacial score (nSPS) is 24.2. The lowest BCUT2D eigenvalue weighted by Crippen LogP contribution is -2.40. The Bertz CT molecular complexity index is 1740. The molecule has 1 amide bonds. The Hall–Kier alpha value is -4.48. The minimum atomic E-state index is -1.16. The third-order valence-electron chi connectivity index (χ3n) is 8.65. The van der Waals surface area contributed by atoms with Crippen LogP contribution in [0.2, 0.25) is 0 Å². The minimum Gasteiger partial charge on any atom is -0.469 e. The predicted molar refractivity (Wildman–Crippen MR) is 153 cm³/mol. The summed E-state index contributed by atoms with van der Waals surface area (Å²) >= 11 is 0. The zero-order valence-electron chi connectivity index (χ0n) is 24.0. The van der Waals surface area contributed by atoms with E-state index in [1.807, 2.05) is 42.5 Å². The molecular weight excluding hydrogens is 552 g/mol. The van der Waals surface area contributed by atoms with Crippen LogP contribution in [0.3, 0.4) is 0 Å². The van der Waals surface area contributed by atoms with Crippen LogP contribution in [0.1, 0.15) is 67.3 Å². The number of fused-ring (bicyclic) bond motifs is 4. The standard InChI is InChI=1S/C32H32N4O7/c1-15(2)26(39)23(38)12-18-10-17-8-9-24-21(11-17)32(20-6-4-5-7-22(20)35-31(32)42-24)27-25(30-34-19(13-37)14-41-30)36-29(43-27)16(3)33-28(18)40/h4-9,11,14-16,18,26,31,35,37,39H,10,12-13H2,1-3H3,(H,33,40)/t16-,18+,26-,31?,32-/m0/s1. The van der Waals surface area contributed by atoms with E-state index in [4.69, 9.17) is 18.6 Å². The van der Waals surface area contributed by atoms with Crippen molar-refractivity contribution in [2.45, 2.75) is 64.0 Å². The number of Topliss-reactive ketones (excluding diaryl/α,β-unsaturated/α-hetero) is 1. The van der Waals surface area contributed by atoms with Gasteiger partial charge in [-0.3, -0.25) is 9.59 Å². The van der Waals surface area contributed by atoms with Crippen LogP contribution in [0.15, 0.2) is 57.6 Å². The molecule has 11 nitrogen and oxygen atoms in total. The lowest BCUT2D eigenvalue weighted by Gasteiger charge is -2.28. The average molecular weight is 585 g/mol. The van der Waals surface area contributed by atoms with Gasteiger partial charge in [-0.15, -0.1) is 0 Å². The highest BCUT2D eigenvalue weighted by Gasteiger charge is 2.61. The molecular formula is C32H32N4O7. The van der Waals surface area contributed by atoms with E-state index < -0.39 is 29.7 Å². The van der Waals surface area contributed by atoms with Crippen LogP contribution in [0.5, 0.6) is 5.75 Å². The first-order valence-electron chi connectivity index (χ1n) is 14.4. The number of hydrogen-bond acceptors (Lipinski definition) is 10. The van der Waals surface area contributed by atoms with Crippen molar-refractivity contribution in [3.8, 4) is 17.3 Å². The molecule has 1 spiro atoms. The number of para-hydroxylation sites is 1. The molecule has 5 heterocycles. The number of carbonyl (C=O) groups excluding carboxylic acids is 2. The van der Waals surface area contributed by atoms with Crippen molar-refractivity contribution in [3.63, 3.8) is 0 Å². The van der Waals surface area contributed by atoms with Crippen LogP contribution in [-0.4, -0.2) is 44.2 Å². The third-order valence-corrected chi connectivity index (χ3v) is 8.65. The van der Waals surface area contributed by atoms with Crippen molar-refractivity contribution in [2.75, 3.05) is 5.32 Å². The van der Waals surface area contributed by atoms with Crippen LogP contribution < -0.4 is 15.4 Å². The Morgan fingerprint density at radius 1 is 1.14 bits per heavy atom.